The molecule has 0 saturated carbocycles. The van der Waals surface area contributed by atoms with E-state index in [9.17, 15) is 9.90 Å². The Morgan fingerprint density at radius 1 is 1.39 bits per heavy atom. The maximum atomic E-state index is 11.8. The van der Waals surface area contributed by atoms with Gasteiger partial charge in [-0.05, 0) is 24.0 Å². The summed E-state index contributed by atoms with van der Waals surface area (Å²) < 4.78 is 2.00. The van der Waals surface area contributed by atoms with Crippen LogP contribution in [0.2, 0.25) is 0 Å². The Balaban J connectivity index is 1.76. The van der Waals surface area contributed by atoms with E-state index in [1.54, 1.807) is 0 Å². The number of carbonyl (C=O) groups is 1. The normalized spacial score (nSPS) is 13.3. The van der Waals surface area contributed by atoms with E-state index in [2.05, 4.69) is 10.3 Å². The van der Waals surface area contributed by atoms with Crippen molar-refractivity contribution < 1.29 is 9.90 Å². The second-order valence-electron chi connectivity index (χ2n) is 6.88. The van der Waals surface area contributed by atoms with Crippen molar-refractivity contribution in [1.29, 1.82) is 0 Å². The number of hydrogen-bond donors (Lipinski definition) is 2. The largest absolute Gasteiger partial charge is 0.391 e. The maximum Gasteiger partial charge on any atom is 0.230 e. The molecule has 0 aromatic carbocycles. The molecular formula is C17H25N3O2S. The molecule has 2 aromatic heterocycles. The van der Waals surface area contributed by atoms with E-state index in [1.807, 2.05) is 56.6 Å². The topological polar surface area (TPSA) is 66.6 Å². The third kappa shape index (κ3) is 5.25. The van der Waals surface area contributed by atoms with Crippen molar-refractivity contribution >= 4 is 23.3 Å². The molecule has 23 heavy (non-hydrogen) atoms. The lowest BCUT2D eigenvalue weighted by Gasteiger charge is -2.25. The van der Waals surface area contributed by atoms with Crippen molar-refractivity contribution in [3.63, 3.8) is 0 Å². The van der Waals surface area contributed by atoms with Crippen LogP contribution in [0.3, 0.4) is 0 Å². The molecule has 0 aliphatic rings. The SMILES string of the molecule is Cc1ccc2nc(CSCC(=O)NCC(O)C(C)(C)C)cn2c1. The van der Waals surface area contributed by atoms with Crippen molar-refractivity contribution in [1.82, 2.24) is 14.7 Å². The van der Waals surface area contributed by atoms with Crippen LogP contribution in [-0.2, 0) is 10.5 Å². The Bertz CT molecular complexity index is 676. The highest BCUT2D eigenvalue weighted by molar-refractivity contribution is 7.99. The van der Waals surface area contributed by atoms with Gasteiger partial charge in [-0.1, -0.05) is 26.8 Å². The van der Waals surface area contributed by atoms with Gasteiger partial charge in [-0.15, -0.1) is 11.8 Å². The number of thioether (sulfide) groups is 1. The Morgan fingerprint density at radius 2 is 2.13 bits per heavy atom. The molecule has 0 spiro atoms. The molecule has 5 nitrogen and oxygen atoms in total. The monoisotopic (exact) mass is 335 g/mol. The number of aryl methyl sites for hydroxylation is 1. The van der Waals surface area contributed by atoms with Crippen molar-refractivity contribution in [2.24, 2.45) is 5.41 Å². The average Bonchev–Trinajstić information content (AvgIpc) is 2.85. The van der Waals surface area contributed by atoms with Crippen LogP contribution in [0.25, 0.3) is 5.65 Å². The Morgan fingerprint density at radius 3 is 2.83 bits per heavy atom. The molecule has 2 aromatic rings. The van der Waals surface area contributed by atoms with Gasteiger partial charge in [0, 0.05) is 24.7 Å². The van der Waals surface area contributed by atoms with Gasteiger partial charge in [0.2, 0.25) is 5.91 Å². The van der Waals surface area contributed by atoms with Crippen molar-refractivity contribution in [3.8, 4) is 0 Å². The van der Waals surface area contributed by atoms with Gasteiger partial charge in [0.15, 0.2) is 0 Å². The van der Waals surface area contributed by atoms with E-state index in [4.69, 9.17) is 0 Å². The van der Waals surface area contributed by atoms with Crippen LogP contribution in [0, 0.1) is 12.3 Å². The van der Waals surface area contributed by atoms with Crippen LogP contribution in [0.5, 0.6) is 0 Å². The number of aliphatic hydroxyl groups is 1. The van der Waals surface area contributed by atoms with Gasteiger partial charge in [-0.3, -0.25) is 4.79 Å². The van der Waals surface area contributed by atoms with Gasteiger partial charge in [0.1, 0.15) is 5.65 Å². The van der Waals surface area contributed by atoms with Crippen LogP contribution in [-0.4, -0.2) is 38.8 Å². The van der Waals surface area contributed by atoms with E-state index < -0.39 is 6.10 Å². The Kier molecular flexibility index (Phi) is 5.70. The van der Waals surface area contributed by atoms with E-state index in [1.165, 1.54) is 17.3 Å². The summed E-state index contributed by atoms with van der Waals surface area (Å²) in [7, 11) is 0. The van der Waals surface area contributed by atoms with Crippen LogP contribution in [0.1, 0.15) is 32.0 Å². The molecule has 0 bridgehead atoms. The summed E-state index contributed by atoms with van der Waals surface area (Å²) in [5.74, 6) is 0.998. The second-order valence-corrected chi connectivity index (χ2v) is 7.87. The fourth-order valence-corrected chi connectivity index (χ4v) is 2.78. The number of nitrogens with zero attached hydrogens (tertiary/aromatic N) is 2. The number of fused-ring (bicyclic) bond motifs is 1. The number of carbonyl (C=O) groups excluding carboxylic acids is 1. The molecule has 0 fully saturated rings. The molecule has 2 rings (SSSR count). The van der Waals surface area contributed by atoms with Crippen LogP contribution < -0.4 is 5.32 Å². The fraction of sp³-hybridized carbons (Fsp3) is 0.529. The zero-order valence-electron chi connectivity index (χ0n) is 14.2. The highest BCUT2D eigenvalue weighted by Crippen LogP contribution is 2.18. The first-order valence-corrected chi connectivity index (χ1v) is 8.88. The molecule has 0 radical (unpaired) electrons. The molecule has 2 N–H and O–H groups in total. The summed E-state index contributed by atoms with van der Waals surface area (Å²) >= 11 is 1.52. The first-order chi connectivity index (χ1) is 10.8. The molecule has 0 aliphatic heterocycles. The van der Waals surface area contributed by atoms with Crippen LogP contribution in [0.4, 0.5) is 0 Å². The van der Waals surface area contributed by atoms with Crippen molar-refractivity contribution in [3.05, 3.63) is 35.8 Å². The predicted molar refractivity (Wildman–Crippen MR) is 94.6 cm³/mol. The molecule has 6 heteroatoms. The van der Waals surface area contributed by atoms with Gasteiger partial charge in [-0.25, -0.2) is 4.98 Å². The van der Waals surface area contributed by atoms with Gasteiger partial charge >= 0.3 is 0 Å². The van der Waals surface area contributed by atoms with Gasteiger partial charge in [0.05, 0.1) is 17.6 Å². The summed E-state index contributed by atoms with van der Waals surface area (Å²) in [6.07, 6.45) is 3.49. The average molecular weight is 335 g/mol. The molecule has 1 amide bonds. The first-order valence-electron chi connectivity index (χ1n) is 7.72. The summed E-state index contributed by atoms with van der Waals surface area (Å²) in [4.78, 5) is 16.3. The number of aromatic nitrogens is 2. The van der Waals surface area contributed by atoms with Gasteiger partial charge < -0.3 is 14.8 Å². The standard InChI is InChI=1S/C17H25N3O2S/c1-12-5-6-15-19-13(9-20(15)8-12)10-23-11-16(22)18-7-14(21)17(2,3)4/h5-6,8-9,14,21H,7,10-11H2,1-4H3,(H,18,22). The van der Waals surface area contributed by atoms with Crippen molar-refractivity contribution in [2.45, 2.75) is 39.6 Å². The van der Waals surface area contributed by atoms with E-state index >= 15 is 0 Å². The Hall–Kier alpha value is -1.53. The smallest absolute Gasteiger partial charge is 0.230 e. The maximum absolute atomic E-state index is 11.8. The van der Waals surface area contributed by atoms with E-state index in [0.29, 0.717) is 11.5 Å². The third-order valence-corrected chi connectivity index (χ3v) is 4.59. The minimum atomic E-state index is -0.543. The summed E-state index contributed by atoms with van der Waals surface area (Å²) in [6.45, 7) is 8.18. The number of hydrogen-bond acceptors (Lipinski definition) is 4. The number of amides is 1. The second kappa shape index (κ2) is 7.36. The number of rotatable bonds is 6. The lowest BCUT2D eigenvalue weighted by molar-refractivity contribution is -0.119. The minimum absolute atomic E-state index is 0.0575. The molecule has 2 heterocycles. The lowest BCUT2D eigenvalue weighted by atomic mass is 9.89. The summed E-state index contributed by atoms with van der Waals surface area (Å²) in [5, 5.41) is 12.7. The van der Waals surface area contributed by atoms with Crippen molar-refractivity contribution in [2.75, 3.05) is 12.3 Å². The van der Waals surface area contributed by atoms with E-state index in [-0.39, 0.29) is 17.9 Å². The molecule has 1 unspecified atom stereocenters. The van der Waals surface area contributed by atoms with Crippen LogP contribution in [0.15, 0.2) is 24.5 Å². The number of pyridine rings is 1. The van der Waals surface area contributed by atoms with E-state index in [0.717, 1.165) is 11.3 Å². The summed E-state index contributed by atoms with van der Waals surface area (Å²) in [5.41, 5.74) is 2.84. The van der Waals surface area contributed by atoms with Gasteiger partial charge in [-0.2, -0.15) is 0 Å². The zero-order valence-corrected chi connectivity index (χ0v) is 15.0. The van der Waals surface area contributed by atoms with Gasteiger partial charge in [0.25, 0.3) is 0 Å². The molecule has 126 valence electrons. The third-order valence-electron chi connectivity index (χ3n) is 3.62. The number of nitrogens with one attached hydrogen (secondary N) is 1. The molecule has 0 aliphatic carbocycles. The summed E-state index contributed by atoms with van der Waals surface area (Å²) in [6, 6.07) is 4.03. The molecule has 0 saturated heterocycles. The highest BCUT2D eigenvalue weighted by Gasteiger charge is 2.22. The first kappa shape index (κ1) is 17.8. The lowest BCUT2D eigenvalue weighted by Crippen LogP contribution is -2.39. The molecular weight excluding hydrogens is 310 g/mol. The molecule has 1 atom stereocenters. The van der Waals surface area contributed by atoms with Crippen LogP contribution >= 0.6 is 11.8 Å². The predicted octanol–water partition coefficient (Wildman–Crippen LogP) is 2.40. The number of imidazole rings is 1. The number of aliphatic hydroxyl groups excluding tert-OH is 1. The Labute approximate surface area is 141 Å². The zero-order chi connectivity index (χ0) is 17.0. The minimum Gasteiger partial charge on any atom is -0.391 e. The highest BCUT2D eigenvalue weighted by atomic mass is 32.2. The fourth-order valence-electron chi connectivity index (χ4n) is 2.04. The quantitative estimate of drug-likeness (QED) is 0.851.